The van der Waals surface area contributed by atoms with Crippen molar-refractivity contribution in [1.29, 1.82) is 0 Å². The SMILES string of the molecule is CCCCS(=O)C(C)S(=O)CCCC. The Bertz CT molecular complexity index is 173. The molecule has 0 aliphatic carbocycles. The summed E-state index contributed by atoms with van der Waals surface area (Å²) >= 11 is 0. The Morgan fingerprint density at radius 2 is 1.29 bits per heavy atom. The normalized spacial score (nSPS) is 17.6. The maximum Gasteiger partial charge on any atom is 0.107 e. The van der Waals surface area contributed by atoms with Gasteiger partial charge in [0.05, 0.1) is 0 Å². The third kappa shape index (κ3) is 5.91. The predicted octanol–water partition coefficient (Wildman–Crippen LogP) is 2.43. The zero-order valence-corrected chi connectivity index (χ0v) is 11.1. The fraction of sp³-hybridized carbons (Fsp3) is 1.00. The van der Waals surface area contributed by atoms with Gasteiger partial charge in [-0.1, -0.05) is 26.7 Å². The average Bonchev–Trinajstić information content (AvgIpc) is 2.21. The molecule has 0 aromatic heterocycles. The van der Waals surface area contributed by atoms with E-state index in [4.69, 9.17) is 0 Å². The lowest BCUT2D eigenvalue weighted by atomic mass is 10.4. The van der Waals surface area contributed by atoms with Crippen LogP contribution in [0.15, 0.2) is 0 Å². The van der Waals surface area contributed by atoms with Crippen molar-refractivity contribution in [3.63, 3.8) is 0 Å². The Labute approximate surface area is 92.8 Å². The fourth-order valence-corrected chi connectivity index (χ4v) is 4.37. The molecule has 0 rings (SSSR count). The van der Waals surface area contributed by atoms with Gasteiger partial charge in [0.25, 0.3) is 0 Å². The van der Waals surface area contributed by atoms with E-state index in [0.29, 0.717) is 11.5 Å². The van der Waals surface area contributed by atoms with Gasteiger partial charge < -0.3 is 0 Å². The molecule has 0 spiro atoms. The van der Waals surface area contributed by atoms with E-state index < -0.39 is 21.6 Å². The summed E-state index contributed by atoms with van der Waals surface area (Å²) in [5, 5.41) is 0. The minimum Gasteiger partial charge on any atom is -0.258 e. The summed E-state index contributed by atoms with van der Waals surface area (Å²) in [6.45, 7) is 6.00. The van der Waals surface area contributed by atoms with Crippen LogP contribution in [-0.2, 0) is 21.6 Å². The molecule has 0 saturated heterocycles. The van der Waals surface area contributed by atoms with Crippen LogP contribution in [0, 0.1) is 0 Å². The highest BCUT2D eigenvalue weighted by Gasteiger charge is 2.16. The minimum absolute atomic E-state index is 0.145. The van der Waals surface area contributed by atoms with Crippen molar-refractivity contribution in [2.75, 3.05) is 11.5 Å². The zero-order valence-electron chi connectivity index (χ0n) is 9.45. The Balaban J connectivity index is 3.85. The molecule has 14 heavy (non-hydrogen) atoms. The van der Waals surface area contributed by atoms with Gasteiger partial charge in [-0.25, -0.2) is 0 Å². The third-order valence-corrected chi connectivity index (χ3v) is 6.29. The van der Waals surface area contributed by atoms with Crippen molar-refractivity contribution >= 4 is 21.6 Å². The molecule has 2 nitrogen and oxygen atoms in total. The predicted molar refractivity (Wildman–Crippen MR) is 65.3 cm³/mol. The Kier molecular flexibility index (Phi) is 8.78. The molecule has 86 valence electrons. The van der Waals surface area contributed by atoms with Gasteiger partial charge in [-0.05, 0) is 19.8 Å². The second-order valence-electron chi connectivity index (χ2n) is 3.44. The Hall–Kier alpha value is 0.300. The molecule has 0 aromatic rings. The number of hydrogen-bond donors (Lipinski definition) is 0. The first-order chi connectivity index (χ1) is 6.63. The zero-order chi connectivity index (χ0) is 11.0. The highest BCUT2D eigenvalue weighted by molar-refractivity contribution is 8.02. The van der Waals surface area contributed by atoms with Gasteiger partial charge in [0.15, 0.2) is 0 Å². The van der Waals surface area contributed by atoms with Crippen molar-refractivity contribution in [3.8, 4) is 0 Å². The summed E-state index contributed by atoms with van der Waals surface area (Å²) in [6, 6.07) is 0. The van der Waals surface area contributed by atoms with Crippen molar-refractivity contribution in [2.45, 2.75) is 51.0 Å². The van der Waals surface area contributed by atoms with E-state index in [2.05, 4.69) is 13.8 Å². The lowest BCUT2D eigenvalue weighted by Crippen LogP contribution is -2.21. The molecule has 0 heterocycles. The van der Waals surface area contributed by atoms with Gasteiger partial charge in [0.2, 0.25) is 0 Å². The molecule has 0 fully saturated rings. The summed E-state index contributed by atoms with van der Waals surface area (Å²) in [7, 11) is -1.80. The molecule has 0 bridgehead atoms. The van der Waals surface area contributed by atoms with Crippen LogP contribution in [-0.4, -0.2) is 24.5 Å². The molecule has 0 amide bonds. The van der Waals surface area contributed by atoms with Gasteiger partial charge in [0, 0.05) is 33.1 Å². The molecule has 2 atom stereocenters. The van der Waals surface area contributed by atoms with Crippen LogP contribution in [0.2, 0.25) is 0 Å². The van der Waals surface area contributed by atoms with E-state index in [9.17, 15) is 8.42 Å². The molecule has 0 radical (unpaired) electrons. The average molecular weight is 238 g/mol. The van der Waals surface area contributed by atoms with E-state index in [1.165, 1.54) is 0 Å². The fourth-order valence-electron chi connectivity index (χ4n) is 1.02. The molecule has 4 heteroatoms. The van der Waals surface area contributed by atoms with E-state index in [1.54, 1.807) is 0 Å². The van der Waals surface area contributed by atoms with Crippen molar-refractivity contribution in [3.05, 3.63) is 0 Å². The highest BCUT2D eigenvalue weighted by atomic mass is 32.2. The smallest absolute Gasteiger partial charge is 0.107 e. The first kappa shape index (κ1) is 14.3. The van der Waals surface area contributed by atoms with Crippen molar-refractivity contribution < 1.29 is 8.42 Å². The van der Waals surface area contributed by atoms with Gasteiger partial charge in [-0.3, -0.25) is 8.42 Å². The van der Waals surface area contributed by atoms with Crippen LogP contribution in [0.1, 0.15) is 46.5 Å². The third-order valence-electron chi connectivity index (χ3n) is 2.14. The van der Waals surface area contributed by atoms with E-state index in [-0.39, 0.29) is 4.58 Å². The summed E-state index contributed by atoms with van der Waals surface area (Å²) in [4.78, 5) is 0. The molecule has 0 aromatic carbocycles. The number of hydrogen-bond acceptors (Lipinski definition) is 2. The molecular weight excluding hydrogens is 216 g/mol. The lowest BCUT2D eigenvalue weighted by molar-refractivity contribution is 0.668. The molecule has 0 aliphatic heterocycles. The van der Waals surface area contributed by atoms with Gasteiger partial charge in [0.1, 0.15) is 4.58 Å². The van der Waals surface area contributed by atoms with E-state index in [1.807, 2.05) is 6.92 Å². The van der Waals surface area contributed by atoms with Crippen LogP contribution in [0.25, 0.3) is 0 Å². The maximum atomic E-state index is 11.6. The lowest BCUT2D eigenvalue weighted by Gasteiger charge is -2.10. The van der Waals surface area contributed by atoms with Gasteiger partial charge in [-0.2, -0.15) is 0 Å². The molecular formula is C10H22O2S2. The molecule has 0 aliphatic rings. The van der Waals surface area contributed by atoms with Crippen molar-refractivity contribution in [1.82, 2.24) is 0 Å². The molecule has 0 saturated carbocycles. The second-order valence-corrected chi connectivity index (χ2v) is 7.50. The number of rotatable bonds is 8. The summed E-state index contributed by atoms with van der Waals surface area (Å²) < 4.78 is 23.1. The van der Waals surface area contributed by atoms with Crippen LogP contribution in [0.4, 0.5) is 0 Å². The number of unbranched alkanes of at least 4 members (excludes halogenated alkanes) is 2. The largest absolute Gasteiger partial charge is 0.258 e. The van der Waals surface area contributed by atoms with Crippen LogP contribution >= 0.6 is 0 Å². The summed E-state index contributed by atoms with van der Waals surface area (Å²) in [5.74, 6) is 1.41. The van der Waals surface area contributed by atoms with Crippen LogP contribution in [0.5, 0.6) is 0 Å². The summed E-state index contributed by atoms with van der Waals surface area (Å²) in [6.07, 6.45) is 4.06. The van der Waals surface area contributed by atoms with Crippen LogP contribution < -0.4 is 0 Å². The topological polar surface area (TPSA) is 34.1 Å². The first-order valence-corrected chi connectivity index (χ1v) is 8.14. The quantitative estimate of drug-likeness (QED) is 0.651. The van der Waals surface area contributed by atoms with Gasteiger partial charge >= 0.3 is 0 Å². The standard InChI is InChI=1S/C10H22O2S2/c1-4-6-8-13(11)10(3)14(12)9-7-5-2/h10H,4-9H2,1-3H3. The first-order valence-electron chi connectivity index (χ1n) is 5.37. The summed E-state index contributed by atoms with van der Waals surface area (Å²) in [5.41, 5.74) is 0. The molecule has 2 unspecified atom stereocenters. The monoisotopic (exact) mass is 238 g/mol. The van der Waals surface area contributed by atoms with E-state index in [0.717, 1.165) is 25.7 Å². The Morgan fingerprint density at radius 3 is 1.57 bits per heavy atom. The van der Waals surface area contributed by atoms with E-state index >= 15 is 0 Å². The second kappa shape index (κ2) is 8.60. The minimum atomic E-state index is -0.898. The maximum absolute atomic E-state index is 11.6. The van der Waals surface area contributed by atoms with Crippen molar-refractivity contribution in [2.24, 2.45) is 0 Å². The van der Waals surface area contributed by atoms with Gasteiger partial charge in [-0.15, -0.1) is 0 Å². The van der Waals surface area contributed by atoms with Crippen LogP contribution in [0.3, 0.4) is 0 Å². The highest BCUT2D eigenvalue weighted by Crippen LogP contribution is 2.07. The molecule has 0 N–H and O–H groups in total. The Morgan fingerprint density at radius 1 is 0.929 bits per heavy atom.